The van der Waals surface area contributed by atoms with Crippen molar-refractivity contribution in [3.8, 4) is 0 Å². The number of fused-ring (bicyclic) bond motifs is 1. The zero-order valence-corrected chi connectivity index (χ0v) is 15.3. The number of ether oxygens (including phenoxy) is 1. The first kappa shape index (κ1) is 16.7. The van der Waals surface area contributed by atoms with Crippen LogP contribution in [-0.2, 0) is 9.53 Å². The summed E-state index contributed by atoms with van der Waals surface area (Å²) < 4.78 is 7.20. The molecule has 3 heterocycles. The van der Waals surface area contributed by atoms with Gasteiger partial charge in [0.05, 0.1) is 19.3 Å². The normalized spacial score (nSPS) is 23.0. The number of rotatable bonds is 2. The van der Waals surface area contributed by atoms with E-state index in [0.717, 1.165) is 11.4 Å². The highest BCUT2D eigenvalue weighted by atomic mass is 35.5. The molecule has 4 rings (SSSR count). The van der Waals surface area contributed by atoms with Gasteiger partial charge < -0.3 is 15.1 Å². The van der Waals surface area contributed by atoms with Crippen LogP contribution in [0.5, 0.6) is 0 Å². The van der Waals surface area contributed by atoms with Gasteiger partial charge in [-0.25, -0.2) is 4.68 Å². The average molecular weight is 380 g/mol. The summed E-state index contributed by atoms with van der Waals surface area (Å²) in [5.74, 6) is 0.853. The predicted molar refractivity (Wildman–Crippen MR) is 95.4 cm³/mol. The van der Waals surface area contributed by atoms with Crippen molar-refractivity contribution in [1.82, 2.24) is 19.8 Å². The zero-order valence-electron chi connectivity index (χ0n) is 13.7. The number of carbonyl (C=O) groups excluding carboxylic acids is 1. The van der Waals surface area contributed by atoms with Crippen LogP contribution in [0, 0.1) is 6.92 Å². The summed E-state index contributed by atoms with van der Waals surface area (Å²) in [5, 5.41) is 9.33. The summed E-state index contributed by atoms with van der Waals surface area (Å²) in [5.41, 5.74) is 4.40. The maximum Gasteiger partial charge on any atom is 0.238 e. The molecule has 0 saturated carbocycles. The molecule has 1 N–H and O–H groups in total. The van der Waals surface area contributed by atoms with Crippen molar-refractivity contribution in [2.24, 2.45) is 0 Å². The molecule has 7 nitrogen and oxygen atoms in total. The van der Waals surface area contributed by atoms with Crippen LogP contribution >= 0.6 is 23.4 Å². The van der Waals surface area contributed by atoms with Gasteiger partial charge >= 0.3 is 0 Å². The Balaban J connectivity index is 1.68. The van der Waals surface area contributed by atoms with Crippen LogP contribution in [0.3, 0.4) is 0 Å². The Bertz CT molecular complexity index is 775. The molecule has 0 radical (unpaired) electrons. The highest BCUT2D eigenvalue weighted by Crippen LogP contribution is 2.38. The summed E-state index contributed by atoms with van der Waals surface area (Å²) in [7, 11) is 0. The third-order valence-electron chi connectivity index (χ3n) is 4.39. The summed E-state index contributed by atoms with van der Waals surface area (Å²) in [6.07, 6.45) is 0. The summed E-state index contributed by atoms with van der Waals surface area (Å²) in [6.45, 7) is 4.28. The van der Waals surface area contributed by atoms with E-state index < -0.39 is 0 Å². The Kier molecular flexibility index (Phi) is 4.58. The summed E-state index contributed by atoms with van der Waals surface area (Å²) in [4.78, 5) is 15.0. The van der Waals surface area contributed by atoms with Gasteiger partial charge in [0.15, 0.2) is 0 Å². The largest absolute Gasteiger partial charge is 0.378 e. The lowest BCUT2D eigenvalue weighted by molar-refractivity contribution is -0.135. The van der Waals surface area contributed by atoms with E-state index in [1.165, 1.54) is 11.8 Å². The Morgan fingerprint density at radius 1 is 1.28 bits per heavy atom. The molecule has 1 aromatic carbocycles. The van der Waals surface area contributed by atoms with Crippen LogP contribution in [0.1, 0.15) is 17.4 Å². The van der Waals surface area contributed by atoms with Gasteiger partial charge in [0.25, 0.3) is 0 Å². The van der Waals surface area contributed by atoms with E-state index in [-0.39, 0.29) is 17.2 Å². The third-order valence-corrected chi connectivity index (χ3v) is 5.85. The molecule has 132 valence electrons. The molecule has 1 aromatic heterocycles. The monoisotopic (exact) mass is 379 g/mol. The van der Waals surface area contributed by atoms with Crippen LogP contribution < -0.4 is 5.43 Å². The lowest BCUT2D eigenvalue weighted by Crippen LogP contribution is -2.49. The first-order valence-corrected chi connectivity index (χ1v) is 9.36. The van der Waals surface area contributed by atoms with Gasteiger partial charge in [0.2, 0.25) is 11.1 Å². The molecule has 2 unspecified atom stereocenters. The molecule has 0 spiro atoms. The van der Waals surface area contributed by atoms with E-state index >= 15 is 0 Å². The van der Waals surface area contributed by atoms with E-state index in [4.69, 9.17) is 16.3 Å². The number of nitrogens with zero attached hydrogens (tertiary/aromatic N) is 4. The van der Waals surface area contributed by atoms with E-state index in [0.29, 0.717) is 36.5 Å². The lowest BCUT2D eigenvalue weighted by atomic mass is 10.0. The highest BCUT2D eigenvalue weighted by Gasteiger charge is 2.39. The molecule has 2 aromatic rings. The molecule has 1 saturated heterocycles. The Hall–Kier alpha value is -1.77. The molecule has 2 aliphatic heterocycles. The van der Waals surface area contributed by atoms with Gasteiger partial charge in [-0.2, -0.15) is 0 Å². The van der Waals surface area contributed by atoms with Crippen LogP contribution in [0.15, 0.2) is 29.4 Å². The van der Waals surface area contributed by atoms with Crippen molar-refractivity contribution in [2.75, 3.05) is 31.7 Å². The maximum atomic E-state index is 13.1. The fourth-order valence-electron chi connectivity index (χ4n) is 3.03. The number of hydrogen-bond acceptors (Lipinski definition) is 6. The molecule has 9 heteroatoms. The molecule has 0 aliphatic carbocycles. The second-order valence-corrected chi connectivity index (χ2v) is 7.54. The topological polar surface area (TPSA) is 72.3 Å². The van der Waals surface area contributed by atoms with Crippen LogP contribution in [0.2, 0.25) is 5.02 Å². The van der Waals surface area contributed by atoms with Crippen molar-refractivity contribution in [2.45, 2.75) is 23.4 Å². The van der Waals surface area contributed by atoms with Crippen molar-refractivity contribution in [3.63, 3.8) is 0 Å². The van der Waals surface area contributed by atoms with E-state index in [2.05, 4.69) is 15.6 Å². The van der Waals surface area contributed by atoms with Crippen LogP contribution in [-0.4, -0.2) is 57.2 Å². The van der Waals surface area contributed by atoms with Crippen molar-refractivity contribution >= 4 is 29.3 Å². The zero-order chi connectivity index (χ0) is 17.4. The Labute approximate surface area is 154 Å². The SMILES string of the molecule is Cc1nnc2n1NC(c1ccc(Cl)cc1)C(C(=O)N1CCOCC1)S2. The molecule has 2 aliphatic rings. The van der Waals surface area contributed by atoms with Gasteiger partial charge in [0, 0.05) is 18.1 Å². The molecule has 25 heavy (non-hydrogen) atoms. The number of hydrogen-bond donors (Lipinski definition) is 1. The van der Waals surface area contributed by atoms with Crippen LogP contribution in [0.25, 0.3) is 0 Å². The molecule has 2 atom stereocenters. The van der Waals surface area contributed by atoms with Gasteiger partial charge in [0.1, 0.15) is 11.1 Å². The fourth-order valence-corrected chi connectivity index (χ4v) is 4.37. The van der Waals surface area contributed by atoms with Crippen LogP contribution in [0.4, 0.5) is 0 Å². The van der Waals surface area contributed by atoms with Crippen molar-refractivity contribution in [3.05, 3.63) is 40.7 Å². The lowest BCUT2D eigenvalue weighted by Gasteiger charge is -2.36. The van der Waals surface area contributed by atoms with Gasteiger partial charge in [-0.1, -0.05) is 35.5 Å². The minimum Gasteiger partial charge on any atom is -0.378 e. The second-order valence-electron chi connectivity index (χ2n) is 6.00. The number of benzene rings is 1. The molecular formula is C16H18ClN5O2S. The third kappa shape index (κ3) is 3.21. The molecule has 0 bridgehead atoms. The summed E-state index contributed by atoms with van der Waals surface area (Å²) >= 11 is 7.47. The number of nitrogens with one attached hydrogen (secondary N) is 1. The quantitative estimate of drug-likeness (QED) is 0.858. The van der Waals surface area contributed by atoms with E-state index in [1.54, 1.807) is 0 Å². The fraction of sp³-hybridized carbons (Fsp3) is 0.438. The van der Waals surface area contributed by atoms with Crippen molar-refractivity contribution in [1.29, 1.82) is 0 Å². The maximum absolute atomic E-state index is 13.1. The Morgan fingerprint density at radius 2 is 2.00 bits per heavy atom. The first-order chi connectivity index (χ1) is 12.1. The van der Waals surface area contributed by atoms with E-state index in [1.807, 2.05) is 40.8 Å². The summed E-state index contributed by atoms with van der Waals surface area (Å²) in [6, 6.07) is 7.39. The standard InChI is InChI=1S/C16H18ClN5O2S/c1-10-18-19-16-22(10)20-13(11-2-4-12(17)5-3-11)14(25-16)15(23)21-6-8-24-9-7-21/h2-5,13-14,20H,6-9H2,1H3. The molecular weight excluding hydrogens is 362 g/mol. The van der Waals surface area contributed by atoms with Crippen molar-refractivity contribution < 1.29 is 9.53 Å². The van der Waals surface area contributed by atoms with Gasteiger partial charge in [-0.15, -0.1) is 10.2 Å². The number of amides is 1. The number of aryl methyl sites for hydroxylation is 1. The highest BCUT2D eigenvalue weighted by molar-refractivity contribution is 8.00. The number of aromatic nitrogens is 3. The first-order valence-electron chi connectivity index (χ1n) is 8.11. The number of morpholine rings is 1. The van der Waals surface area contributed by atoms with Gasteiger partial charge in [-0.05, 0) is 24.6 Å². The average Bonchev–Trinajstić information content (AvgIpc) is 3.02. The predicted octanol–water partition coefficient (Wildman–Crippen LogP) is 1.86. The van der Waals surface area contributed by atoms with Gasteiger partial charge in [-0.3, -0.25) is 4.79 Å². The minimum absolute atomic E-state index is 0.0904. The molecule has 1 amide bonds. The Morgan fingerprint density at radius 3 is 2.72 bits per heavy atom. The molecule has 1 fully saturated rings. The number of halogens is 1. The smallest absolute Gasteiger partial charge is 0.238 e. The minimum atomic E-state index is -0.324. The van der Waals surface area contributed by atoms with E-state index in [9.17, 15) is 4.79 Å². The number of thioether (sulfide) groups is 1. The number of carbonyl (C=O) groups is 1. The second kappa shape index (κ2) is 6.86.